The molecule has 2 atom stereocenters. The van der Waals surface area contributed by atoms with Crippen molar-refractivity contribution in [1.29, 1.82) is 0 Å². The molecule has 1 aliphatic rings. The average Bonchev–Trinajstić information content (AvgIpc) is 2.38. The van der Waals surface area contributed by atoms with Gasteiger partial charge in [-0.3, -0.25) is 4.79 Å². The van der Waals surface area contributed by atoms with Crippen molar-refractivity contribution in [3.05, 3.63) is 42.0 Å². The molecule has 1 N–H and O–H groups in total. The van der Waals surface area contributed by atoms with Crippen LogP contribution < -0.4 is 5.32 Å². The summed E-state index contributed by atoms with van der Waals surface area (Å²) in [5, 5.41) is 3.09. The molecule has 1 fully saturated rings. The first kappa shape index (κ1) is 12.9. The lowest BCUT2D eigenvalue weighted by Gasteiger charge is -2.26. The molecule has 1 saturated carbocycles. The van der Waals surface area contributed by atoms with E-state index in [1.807, 2.05) is 36.4 Å². The smallest absolute Gasteiger partial charge is 0.244 e. The number of rotatable bonds is 3. The number of carbonyl (C=O) groups excluding carboxylic acids is 1. The highest BCUT2D eigenvalue weighted by atomic mass is 16.1. The van der Waals surface area contributed by atoms with Gasteiger partial charge in [-0.25, -0.2) is 0 Å². The van der Waals surface area contributed by atoms with Crippen LogP contribution in [0.2, 0.25) is 0 Å². The summed E-state index contributed by atoms with van der Waals surface area (Å²) in [6, 6.07) is 10.3. The fraction of sp³-hybridized carbons (Fsp3) is 0.438. The lowest BCUT2D eigenvalue weighted by atomic mass is 9.87. The molecule has 0 bridgehead atoms. The molecule has 0 aromatic heterocycles. The van der Waals surface area contributed by atoms with Crippen LogP contribution in [0.25, 0.3) is 6.08 Å². The van der Waals surface area contributed by atoms with E-state index >= 15 is 0 Å². The molecule has 1 aromatic rings. The quantitative estimate of drug-likeness (QED) is 0.810. The summed E-state index contributed by atoms with van der Waals surface area (Å²) < 4.78 is 0. The summed E-state index contributed by atoms with van der Waals surface area (Å²) in [4.78, 5) is 11.8. The van der Waals surface area contributed by atoms with Crippen molar-refractivity contribution in [2.24, 2.45) is 5.92 Å². The van der Waals surface area contributed by atoms with E-state index in [-0.39, 0.29) is 5.91 Å². The normalized spacial score (nSPS) is 24.1. The van der Waals surface area contributed by atoms with E-state index in [9.17, 15) is 4.79 Å². The Bertz CT molecular complexity index is 410. The summed E-state index contributed by atoms with van der Waals surface area (Å²) in [5.41, 5.74) is 1.06. The maximum absolute atomic E-state index is 11.8. The minimum absolute atomic E-state index is 0.0259. The van der Waals surface area contributed by atoms with Crippen LogP contribution in [-0.2, 0) is 4.79 Å². The molecule has 1 amide bonds. The third kappa shape index (κ3) is 4.02. The number of hydrogen-bond acceptors (Lipinski definition) is 1. The molecular weight excluding hydrogens is 222 g/mol. The molecule has 0 heterocycles. The van der Waals surface area contributed by atoms with E-state index in [0.29, 0.717) is 6.04 Å². The molecule has 0 saturated heterocycles. The predicted molar refractivity (Wildman–Crippen MR) is 75.0 cm³/mol. The standard InChI is InChI=1S/C16H21NO/c1-13-6-5-9-15(12-13)17-16(18)11-10-14-7-3-2-4-8-14/h2-4,7-8,10-11,13,15H,5-6,9,12H2,1H3,(H,17,18). The summed E-state index contributed by atoms with van der Waals surface area (Å²) in [7, 11) is 0. The molecule has 0 radical (unpaired) electrons. The van der Waals surface area contributed by atoms with Crippen LogP contribution in [0.5, 0.6) is 0 Å². The van der Waals surface area contributed by atoms with Gasteiger partial charge < -0.3 is 5.32 Å². The highest BCUT2D eigenvalue weighted by Crippen LogP contribution is 2.23. The first-order chi connectivity index (χ1) is 8.74. The number of nitrogens with one attached hydrogen (secondary N) is 1. The van der Waals surface area contributed by atoms with Gasteiger partial charge >= 0.3 is 0 Å². The largest absolute Gasteiger partial charge is 0.350 e. The molecule has 0 spiro atoms. The van der Waals surface area contributed by atoms with Gasteiger partial charge in [0.2, 0.25) is 5.91 Å². The first-order valence-corrected chi connectivity index (χ1v) is 6.77. The Morgan fingerprint density at radius 1 is 1.28 bits per heavy atom. The second kappa shape index (κ2) is 6.39. The SMILES string of the molecule is CC1CCCC(NC(=O)C=Cc2ccccc2)C1. The third-order valence-corrected chi connectivity index (χ3v) is 3.51. The topological polar surface area (TPSA) is 29.1 Å². The Morgan fingerprint density at radius 2 is 2.06 bits per heavy atom. The van der Waals surface area contributed by atoms with Crippen molar-refractivity contribution < 1.29 is 4.79 Å². The second-order valence-electron chi connectivity index (χ2n) is 5.22. The van der Waals surface area contributed by atoms with Crippen molar-refractivity contribution in [2.75, 3.05) is 0 Å². The molecule has 2 unspecified atom stereocenters. The van der Waals surface area contributed by atoms with Crippen molar-refractivity contribution in [3.8, 4) is 0 Å². The molecule has 2 rings (SSSR count). The molecule has 96 valence electrons. The molecule has 0 aliphatic heterocycles. The Kier molecular flexibility index (Phi) is 4.57. The van der Waals surface area contributed by atoms with Crippen LogP contribution in [0.1, 0.15) is 38.2 Å². The molecule has 2 nitrogen and oxygen atoms in total. The predicted octanol–water partition coefficient (Wildman–Crippen LogP) is 3.39. The van der Waals surface area contributed by atoms with Gasteiger partial charge in [0, 0.05) is 12.1 Å². The maximum atomic E-state index is 11.8. The minimum atomic E-state index is 0.0259. The Morgan fingerprint density at radius 3 is 2.78 bits per heavy atom. The number of hydrogen-bond donors (Lipinski definition) is 1. The van der Waals surface area contributed by atoms with Crippen LogP contribution in [0.3, 0.4) is 0 Å². The van der Waals surface area contributed by atoms with Gasteiger partial charge in [0.1, 0.15) is 0 Å². The van der Waals surface area contributed by atoms with E-state index in [1.54, 1.807) is 6.08 Å². The van der Waals surface area contributed by atoms with E-state index in [1.165, 1.54) is 12.8 Å². The Hall–Kier alpha value is -1.57. The molecular formula is C16H21NO. The van der Waals surface area contributed by atoms with Gasteiger partial charge in [-0.1, -0.05) is 50.1 Å². The molecule has 1 aromatic carbocycles. The van der Waals surface area contributed by atoms with Gasteiger partial charge in [-0.2, -0.15) is 0 Å². The van der Waals surface area contributed by atoms with Crippen LogP contribution in [-0.4, -0.2) is 11.9 Å². The van der Waals surface area contributed by atoms with Gasteiger partial charge in [0.25, 0.3) is 0 Å². The minimum Gasteiger partial charge on any atom is -0.350 e. The molecule has 1 aliphatic carbocycles. The van der Waals surface area contributed by atoms with Gasteiger partial charge in [0.15, 0.2) is 0 Å². The Labute approximate surface area is 109 Å². The number of amides is 1. The third-order valence-electron chi connectivity index (χ3n) is 3.51. The van der Waals surface area contributed by atoms with Crippen molar-refractivity contribution in [2.45, 2.75) is 38.6 Å². The second-order valence-corrected chi connectivity index (χ2v) is 5.22. The van der Waals surface area contributed by atoms with E-state index in [0.717, 1.165) is 24.3 Å². The van der Waals surface area contributed by atoms with Gasteiger partial charge in [0.05, 0.1) is 0 Å². The van der Waals surface area contributed by atoms with Crippen molar-refractivity contribution in [3.63, 3.8) is 0 Å². The lowest BCUT2D eigenvalue weighted by molar-refractivity contribution is -0.117. The molecule has 18 heavy (non-hydrogen) atoms. The van der Waals surface area contributed by atoms with Crippen molar-refractivity contribution >= 4 is 12.0 Å². The summed E-state index contributed by atoms with van der Waals surface area (Å²) in [6.07, 6.45) is 8.26. The fourth-order valence-electron chi connectivity index (χ4n) is 2.55. The zero-order valence-electron chi connectivity index (χ0n) is 10.9. The van der Waals surface area contributed by atoms with Gasteiger partial charge in [-0.05, 0) is 30.4 Å². The summed E-state index contributed by atoms with van der Waals surface area (Å²) >= 11 is 0. The van der Waals surface area contributed by atoms with Crippen LogP contribution in [0.15, 0.2) is 36.4 Å². The van der Waals surface area contributed by atoms with Gasteiger partial charge in [-0.15, -0.1) is 0 Å². The summed E-state index contributed by atoms with van der Waals surface area (Å²) in [5.74, 6) is 0.764. The highest BCUT2D eigenvalue weighted by molar-refractivity contribution is 5.91. The number of benzene rings is 1. The van der Waals surface area contributed by atoms with Crippen LogP contribution in [0.4, 0.5) is 0 Å². The monoisotopic (exact) mass is 243 g/mol. The van der Waals surface area contributed by atoms with E-state index < -0.39 is 0 Å². The lowest BCUT2D eigenvalue weighted by Crippen LogP contribution is -2.36. The van der Waals surface area contributed by atoms with Crippen LogP contribution >= 0.6 is 0 Å². The highest BCUT2D eigenvalue weighted by Gasteiger charge is 2.19. The molecule has 2 heteroatoms. The summed E-state index contributed by atoms with van der Waals surface area (Å²) in [6.45, 7) is 2.26. The fourth-order valence-corrected chi connectivity index (χ4v) is 2.55. The maximum Gasteiger partial charge on any atom is 0.244 e. The Balaban J connectivity index is 1.83. The van der Waals surface area contributed by atoms with E-state index in [2.05, 4.69) is 12.2 Å². The van der Waals surface area contributed by atoms with E-state index in [4.69, 9.17) is 0 Å². The zero-order valence-corrected chi connectivity index (χ0v) is 10.9. The zero-order chi connectivity index (χ0) is 12.8. The number of carbonyl (C=O) groups is 1. The average molecular weight is 243 g/mol. The first-order valence-electron chi connectivity index (χ1n) is 6.77. The van der Waals surface area contributed by atoms with Crippen LogP contribution in [0, 0.1) is 5.92 Å². The van der Waals surface area contributed by atoms with Crippen molar-refractivity contribution in [1.82, 2.24) is 5.32 Å².